The summed E-state index contributed by atoms with van der Waals surface area (Å²) in [6.45, 7) is 1.59. The minimum Gasteiger partial charge on any atom is -0.359 e. The van der Waals surface area contributed by atoms with Crippen molar-refractivity contribution in [2.45, 2.75) is 6.92 Å². The maximum atomic E-state index is 12.1. The lowest BCUT2D eigenvalue weighted by Gasteiger charge is -2.07. The molecule has 0 saturated carbocycles. The molecule has 3 aromatic rings. The third kappa shape index (κ3) is 4.71. The van der Waals surface area contributed by atoms with Crippen molar-refractivity contribution in [3.8, 4) is 11.3 Å². The van der Waals surface area contributed by atoms with Crippen LogP contribution in [-0.4, -0.2) is 22.4 Å². The smallest absolute Gasteiger partial charge is 0.359 e. The lowest BCUT2D eigenvalue weighted by molar-refractivity contribution is -0.384. The zero-order valence-electron chi connectivity index (χ0n) is 14.8. The van der Waals surface area contributed by atoms with E-state index in [0.717, 1.165) is 0 Å². The number of oxime groups is 1. The molecule has 0 saturated heterocycles. The second-order valence-electron chi connectivity index (χ2n) is 5.65. The lowest BCUT2D eigenvalue weighted by Crippen LogP contribution is -2.12. The number of nitrogens with zero attached hydrogens (tertiary/aromatic N) is 3. The van der Waals surface area contributed by atoms with Crippen molar-refractivity contribution in [2.75, 3.05) is 5.32 Å². The van der Waals surface area contributed by atoms with Gasteiger partial charge in [0, 0.05) is 23.3 Å². The van der Waals surface area contributed by atoms with Crippen molar-refractivity contribution in [3.63, 3.8) is 0 Å². The number of aromatic nitrogens is 1. The number of nitro benzene ring substituents is 1. The summed E-state index contributed by atoms with van der Waals surface area (Å²) in [6, 6.07) is 10.6. The van der Waals surface area contributed by atoms with Crippen molar-refractivity contribution < 1.29 is 19.1 Å². The number of halogens is 2. The average molecular weight is 435 g/mol. The minimum atomic E-state index is -0.928. The van der Waals surface area contributed by atoms with Crippen LogP contribution in [0.4, 0.5) is 16.2 Å². The van der Waals surface area contributed by atoms with E-state index in [-0.39, 0.29) is 17.1 Å². The van der Waals surface area contributed by atoms with Gasteiger partial charge in [0.2, 0.25) is 0 Å². The third-order valence-electron chi connectivity index (χ3n) is 3.71. The molecule has 0 atom stereocenters. The van der Waals surface area contributed by atoms with Crippen LogP contribution in [0.2, 0.25) is 10.0 Å². The second-order valence-corrected chi connectivity index (χ2v) is 6.46. The number of hydrogen-bond acceptors (Lipinski definition) is 7. The Morgan fingerprint density at radius 3 is 2.66 bits per heavy atom. The Morgan fingerprint density at radius 1 is 1.28 bits per heavy atom. The molecule has 11 heteroatoms. The molecule has 2 aromatic carbocycles. The molecular formula is C18H12Cl2N4O5. The highest BCUT2D eigenvalue weighted by atomic mass is 35.5. The van der Waals surface area contributed by atoms with Crippen LogP contribution in [0.1, 0.15) is 11.3 Å². The van der Waals surface area contributed by atoms with Gasteiger partial charge in [0.25, 0.3) is 5.69 Å². The van der Waals surface area contributed by atoms with Gasteiger partial charge in [0.05, 0.1) is 21.2 Å². The molecule has 0 bridgehead atoms. The Labute approximate surface area is 174 Å². The second kappa shape index (κ2) is 8.72. The molecule has 0 spiro atoms. The Morgan fingerprint density at radius 2 is 1.97 bits per heavy atom. The molecule has 1 aromatic heterocycles. The van der Waals surface area contributed by atoms with Crippen LogP contribution < -0.4 is 5.32 Å². The highest BCUT2D eigenvalue weighted by Crippen LogP contribution is 2.39. The van der Waals surface area contributed by atoms with Gasteiger partial charge in [-0.3, -0.25) is 20.3 Å². The van der Waals surface area contributed by atoms with E-state index in [1.54, 1.807) is 31.2 Å². The summed E-state index contributed by atoms with van der Waals surface area (Å²) in [7, 11) is 0. The molecule has 0 aliphatic carbocycles. The summed E-state index contributed by atoms with van der Waals surface area (Å²) >= 11 is 12.4. The van der Waals surface area contributed by atoms with Crippen LogP contribution in [0.3, 0.4) is 0 Å². The molecule has 29 heavy (non-hydrogen) atoms. The predicted molar refractivity (Wildman–Crippen MR) is 107 cm³/mol. The van der Waals surface area contributed by atoms with E-state index in [1.807, 2.05) is 0 Å². The first kappa shape index (κ1) is 20.3. The van der Waals surface area contributed by atoms with E-state index >= 15 is 0 Å². The van der Waals surface area contributed by atoms with E-state index in [4.69, 9.17) is 32.6 Å². The van der Waals surface area contributed by atoms with Gasteiger partial charge >= 0.3 is 6.09 Å². The molecule has 1 amide bonds. The highest BCUT2D eigenvalue weighted by molar-refractivity contribution is 6.39. The van der Waals surface area contributed by atoms with E-state index in [2.05, 4.69) is 15.6 Å². The number of aryl methyl sites for hydroxylation is 1. The Balaban J connectivity index is 1.74. The number of nitrogens with one attached hydrogen (secondary N) is 1. The van der Waals surface area contributed by atoms with Gasteiger partial charge in [-0.25, -0.2) is 4.79 Å². The predicted octanol–water partition coefficient (Wildman–Crippen LogP) is 5.45. The molecule has 0 radical (unpaired) electrons. The van der Waals surface area contributed by atoms with Gasteiger partial charge in [0.15, 0.2) is 5.76 Å². The summed E-state index contributed by atoms with van der Waals surface area (Å²) in [5.74, 6) is 0.301. The van der Waals surface area contributed by atoms with Crippen LogP contribution in [0.5, 0.6) is 0 Å². The van der Waals surface area contributed by atoms with Gasteiger partial charge in [0.1, 0.15) is 11.4 Å². The number of nitro groups is 1. The van der Waals surface area contributed by atoms with Gasteiger partial charge in [-0.2, -0.15) is 0 Å². The van der Waals surface area contributed by atoms with Crippen LogP contribution in [0.25, 0.3) is 11.3 Å². The number of anilines is 1. The molecule has 0 fully saturated rings. The molecule has 1 heterocycles. The summed E-state index contributed by atoms with van der Waals surface area (Å²) in [6.07, 6.45) is 0.237. The summed E-state index contributed by atoms with van der Waals surface area (Å²) in [5.41, 5.74) is 1.12. The fourth-order valence-corrected chi connectivity index (χ4v) is 2.97. The molecule has 3 rings (SSSR count). The van der Waals surface area contributed by atoms with E-state index in [0.29, 0.717) is 26.9 Å². The van der Waals surface area contributed by atoms with E-state index in [1.165, 1.54) is 24.4 Å². The van der Waals surface area contributed by atoms with Crippen LogP contribution in [0, 0.1) is 17.0 Å². The van der Waals surface area contributed by atoms with Crippen molar-refractivity contribution in [1.82, 2.24) is 5.16 Å². The number of non-ortho nitro benzene ring substituents is 1. The number of benzene rings is 2. The van der Waals surface area contributed by atoms with Gasteiger partial charge in [-0.05, 0) is 19.1 Å². The Kier molecular flexibility index (Phi) is 6.10. The van der Waals surface area contributed by atoms with Gasteiger partial charge in [-0.15, -0.1) is 0 Å². The quantitative estimate of drug-likeness (QED) is 0.246. The number of amides is 1. The van der Waals surface area contributed by atoms with Crippen LogP contribution >= 0.6 is 23.2 Å². The Hall–Kier alpha value is -3.43. The van der Waals surface area contributed by atoms with Crippen molar-refractivity contribution in [3.05, 3.63) is 73.9 Å². The highest BCUT2D eigenvalue weighted by Gasteiger charge is 2.21. The molecule has 0 aliphatic heterocycles. The molecule has 0 aliphatic rings. The lowest BCUT2D eigenvalue weighted by atomic mass is 10.1. The largest absolute Gasteiger partial charge is 0.438 e. The minimum absolute atomic E-state index is 0.111. The monoisotopic (exact) mass is 434 g/mol. The molecule has 1 N–H and O–H groups in total. The first-order valence-corrected chi connectivity index (χ1v) is 8.79. The standard InChI is InChI=1S/C18H12Cl2N4O5/c1-10-16(17(23-28-10)15-13(19)6-3-7-14(15)20)22-18(25)29-21-9-11-4-2-5-12(8-11)24(26)27/h2-9H,1H3,(H,22,25)/b21-9+. The van der Waals surface area contributed by atoms with Crippen molar-refractivity contribution >= 4 is 46.9 Å². The maximum Gasteiger partial charge on any atom is 0.438 e. The fraction of sp³-hybridized carbons (Fsp3) is 0.0556. The zero-order chi connectivity index (χ0) is 21.0. The van der Waals surface area contributed by atoms with Crippen molar-refractivity contribution in [2.24, 2.45) is 5.16 Å². The number of carbonyl (C=O) groups excluding carboxylic acids is 1. The third-order valence-corrected chi connectivity index (χ3v) is 4.34. The summed E-state index contributed by atoms with van der Waals surface area (Å²) < 4.78 is 5.13. The average Bonchev–Trinajstić information content (AvgIpc) is 3.02. The number of hydrogen-bond donors (Lipinski definition) is 1. The fourth-order valence-electron chi connectivity index (χ4n) is 2.39. The van der Waals surface area contributed by atoms with E-state index < -0.39 is 11.0 Å². The number of rotatable bonds is 5. The summed E-state index contributed by atoms with van der Waals surface area (Å²) in [5, 5.41) is 21.3. The summed E-state index contributed by atoms with van der Waals surface area (Å²) in [4.78, 5) is 27.1. The SMILES string of the molecule is Cc1onc(-c2c(Cl)cccc2Cl)c1NC(=O)O/N=C/c1cccc([N+](=O)[O-])c1. The van der Waals surface area contributed by atoms with E-state index in [9.17, 15) is 14.9 Å². The van der Waals surface area contributed by atoms with Crippen LogP contribution in [0.15, 0.2) is 52.1 Å². The molecule has 148 valence electrons. The normalized spacial score (nSPS) is 10.9. The van der Waals surface area contributed by atoms with Crippen molar-refractivity contribution in [1.29, 1.82) is 0 Å². The van der Waals surface area contributed by atoms with Gasteiger partial charge in [-0.1, -0.05) is 51.7 Å². The first-order valence-electron chi connectivity index (χ1n) is 8.03. The number of carbonyl (C=O) groups is 1. The molecular weight excluding hydrogens is 423 g/mol. The van der Waals surface area contributed by atoms with Gasteiger partial charge < -0.3 is 4.52 Å². The Bertz CT molecular complexity index is 1090. The topological polar surface area (TPSA) is 120 Å². The zero-order valence-corrected chi connectivity index (χ0v) is 16.3. The molecule has 0 unspecified atom stereocenters. The molecule has 9 nitrogen and oxygen atoms in total. The first-order chi connectivity index (χ1) is 13.9. The maximum absolute atomic E-state index is 12.1. The van der Waals surface area contributed by atoms with Crippen LogP contribution in [-0.2, 0) is 4.84 Å².